The third-order valence-electron chi connectivity index (χ3n) is 2.73. The van der Waals surface area contributed by atoms with E-state index in [9.17, 15) is 4.79 Å². The van der Waals surface area contributed by atoms with E-state index in [0.717, 1.165) is 0 Å². The van der Waals surface area contributed by atoms with Crippen molar-refractivity contribution in [3.8, 4) is 5.75 Å². The van der Waals surface area contributed by atoms with Crippen LogP contribution in [0.3, 0.4) is 0 Å². The van der Waals surface area contributed by atoms with Gasteiger partial charge in [0.2, 0.25) is 5.95 Å². The summed E-state index contributed by atoms with van der Waals surface area (Å²) in [6.07, 6.45) is 2.99. The number of hydrogen-bond acceptors (Lipinski definition) is 5. The van der Waals surface area contributed by atoms with Crippen molar-refractivity contribution < 1.29 is 9.53 Å². The van der Waals surface area contributed by atoms with Crippen molar-refractivity contribution in [3.63, 3.8) is 0 Å². The second kappa shape index (κ2) is 6.43. The van der Waals surface area contributed by atoms with Crippen LogP contribution in [0.4, 0.5) is 11.6 Å². The Labute approximate surface area is 129 Å². The van der Waals surface area contributed by atoms with Gasteiger partial charge in [0.25, 0.3) is 5.91 Å². The molecule has 0 aliphatic carbocycles. The molecule has 1 aromatic carbocycles. The van der Waals surface area contributed by atoms with Gasteiger partial charge in [0.05, 0.1) is 12.7 Å². The van der Waals surface area contributed by atoms with Crippen LogP contribution in [0, 0.1) is 0 Å². The summed E-state index contributed by atoms with van der Waals surface area (Å²) in [7, 11) is 1.58. The SMILES string of the molecule is COc1cccc(NC(=O)c2cnc(NC(C)(C)C)nc2)c1. The fourth-order valence-corrected chi connectivity index (χ4v) is 1.75. The molecule has 6 heteroatoms. The van der Waals surface area contributed by atoms with Crippen LogP contribution in [0.5, 0.6) is 5.75 Å². The minimum absolute atomic E-state index is 0.135. The van der Waals surface area contributed by atoms with Crippen LogP contribution in [0.2, 0.25) is 0 Å². The van der Waals surface area contributed by atoms with Gasteiger partial charge in [-0.15, -0.1) is 0 Å². The van der Waals surface area contributed by atoms with E-state index in [-0.39, 0.29) is 11.4 Å². The Bertz CT molecular complexity index is 648. The van der Waals surface area contributed by atoms with Crippen LogP contribution in [-0.2, 0) is 0 Å². The molecule has 0 aliphatic heterocycles. The number of rotatable bonds is 4. The maximum absolute atomic E-state index is 12.2. The topological polar surface area (TPSA) is 76.1 Å². The summed E-state index contributed by atoms with van der Waals surface area (Å²) < 4.78 is 5.12. The highest BCUT2D eigenvalue weighted by Gasteiger charge is 2.12. The van der Waals surface area contributed by atoms with E-state index >= 15 is 0 Å². The van der Waals surface area contributed by atoms with Gasteiger partial charge in [-0.1, -0.05) is 6.07 Å². The number of nitrogens with zero attached hydrogens (tertiary/aromatic N) is 2. The van der Waals surface area contributed by atoms with E-state index in [1.54, 1.807) is 25.3 Å². The first-order valence-electron chi connectivity index (χ1n) is 6.93. The molecule has 0 fully saturated rings. The molecular formula is C16H20N4O2. The molecule has 0 atom stereocenters. The average molecular weight is 300 g/mol. The molecular weight excluding hydrogens is 280 g/mol. The lowest BCUT2D eigenvalue weighted by Crippen LogP contribution is -2.27. The number of aromatic nitrogens is 2. The number of carbonyl (C=O) groups is 1. The lowest BCUT2D eigenvalue weighted by molar-refractivity contribution is 0.102. The van der Waals surface area contributed by atoms with Gasteiger partial charge >= 0.3 is 0 Å². The molecule has 1 aromatic heterocycles. The number of ether oxygens (including phenoxy) is 1. The van der Waals surface area contributed by atoms with Crippen molar-refractivity contribution in [2.75, 3.05) is 17.7 Å². The molecule has 6 nitrogen and oxygen atoms in total. The van der Waals surface area contributed by atoms with Crippen molar-refractivity contribution >= 4 is 17.5 Å². The van der Waals surface area contributed by atoms with Crippen LogP contribution >= 0.6 is 0 Å². The molecule has 1 amide bonds. The van der Waals surface area contributed by atoms with Crippen LogP contribution in [0.25, 0.3) is 0 Å². The van der Waals surface area contributed by atoms with Crippen molar-refractivity contribution in [2.24, 2.45) is 0 Å². The fourth-order valence-electron chi connectivity index (χ4n) is 1.75. The highest BCUT2D eigenvalue weighted by atomic mass is 16.5. The number of anilines is 2. The Morgan fingerprint density at radius 2 is 1.86 bits per heavy atom. The van der Waals surface area contributed by atoms with E-state index in [1.165, 1.54) is 12.4 Å². The van der Waals surface area contributed by atoms with E-state index < -0.39 is 0 Å². The van der Waals surface area contributed by atoms with E-state index in [0.29, 0.717) is 22.9 Å². The molecule has 2 rings (SSSR count). The summed E-state index contributed by atoms with van der Waals surface area (Å²) in [5, 5.41) is 5.92. The Morgan fingerprint density at radius 1 is 1.18 bits per heavy atom. The normalized spacial score (nSPS) is 10.9. The van der Waals surface area contributed by atoms with Crippen LogP contribution in [0.1, 0.15) is 31.1 Å². The Kier molecular flexibility index (Phi) is 4.60. The van der Waals surface area contributed by atoms with Gasteiger partial charge in [-0.3, -0.25) is 4.79 Å². The Morgan fingerprint density at radius 3 is 2.45 bits per heavy atom. The van der Waals surface area contributed by atoms with E-state index in [2.05, 4.69) is 20.6 Å². The number of benzene rings is 1. The Hall–Kier alpha value is -2.63. The zero-order valence-corrected chi connectivity index (χ0v) is 13.2. The standard InChI is InChI=1S/C16H20N4O2/c1-16(2,3)20-15-17-9-11(10-18-15)14(21)19-12-6-5-7-13(8-12)22-4/h5-10H,1-4H3,(H,19,21)(H,17,18,20). The maximum atomic E-state index is 12.2. The molecule has 0 radical (unpaired) electrons. The lowest BCUT2D eigenvalue weighted by atomic mass is 10.1. The van der Waals surface area contributed by atoms with Crippen molar-refractivity contribution in [2.45, 2.75) is 26.3 Å². The largest absolute Gasteiger partial charge is 0.497 e. The molecule has 22 heavy (non-hydrogen) atoms. The summed E-state index contributed by atoms with van der Waals surface area (Å²) in [4.78, 5) is 20.5. The second-order valence-corrected chi connectivity index (χ2v) is 5.86. The van der Waals surface area contributed by atoms with Crippen LogP contribution in [-0.4, -0.2) is 28.5 Å². The van der Waals surface area contributed by atoms with Gasteiger partial charge in [-0.2, -0.15) is 0 Å². The molecule has 0 aliphatic rings. The second-order valence-electron chi connectivity index (χ2n) is 5.86. The zero-order chi connectivity index (χ0) is 16.2. The molecule has 0 unspecified atom stereocenters. The number of amides is 1. The van der Waals surface area contributed by atoms with Gasteiger partial charge in [-0.05, 0) is 32.9 Å². The maximum Gasteiger partial charge on any atom is 0.258 e. The first kappa shape index (κ1) is 15.8. The van der Waals surface area contributed by atoms with Crippen LogP contribution in [0.15, 0.2) is 36.7 Å². The van der Waals surface area contributed by atoms with E-state index in [4.69, 9.17) is 4.74 Å². The van der Waals surface area contributed by atoms with Crippen molar-refractivity contribution in [1.82, 2.24) is 9.97 Å². The summed E-state index contributed by atoms with van der Waals surface area (Å²) in [5.74, 6) is 0.903. The molecule has 0 saturated carbocycles. The monoisotopic (exact) mass is 300 g/mol. The van der Waals surface area contributed by atoms with Crippen molar-refractivity contribution in [3.05, 3.63) is 42.2 Å². The number of methoxy groups -OCH3 is 1. The summed E-state index contributed by atoms with van der Waals surface area (Å²) in [5.41, 5.74) is 0.910. The molecule has 0 spiro atoms. The minimum Gasteiger partial charge on any atom is -0.497 e. The van der Waals surface area contributed by atoms with Crippen molar-refractivity contribution in [1.29, 1.82) is 0 Å². The quantitative estimate of drug-likeness (QED) is 0.908. The van der Waals surface area contributed by atoms with E-state index in [1.807, 2.05) is 26.8 Å². The molecule has 0 bridgehead atoms. The first-order valence-corrected chi connectivity index (χ1v) is 6.93. The zero-order valence-electron chi connectivity index (χ0n) is 13.2. The Balaban J connectivity index is 2.06. The predicted octanol–water partition coefficient (Wildman–Crippen LogP) is 2.95. The molecule has 2 aromatic rings. The van der Waals surface area contributed by atoms with Gasteiger partial charge in [0, 0.05) is 29.7 Å². The number of nitrogens with one attached hydrogen (secondary N) is 2. The number of carbonyl (C=O) groups excluding carboxylic acids is 1. The smallest absolute Gasteiger partial charge is 0.258 e. The van der Waals surface area contributed by atoms with Gasteiger partial charge in [0.1, 0.15) is 5.75 Å². The number of hydrogen-bond donors (Lipinski definition) is 2. The third-order valence-corrected chi connectivity index (χ3v) is 2.73. The summed E-state index contributed by atoms with van der Waals surface area (Å²) in [6.45, 7) is 6.04. The summed E-state index contributed by atoms with van der Waals surface area (Å²) in [6, 6.07) is 7.15. The third kappa shape index (κ3) is 4.44. The fraction of sp³-hybridized carbons (Fsp3) is 0.312. The molecule has 1 heterocycles. The molecule has 2 N–H and O–H groups in total. The van der Waals surface area contributed by atoms with Crippen LogP contribution < -0.4 is 15.4 Å². The summed E-state index contributed by atoms with van der Waals surface area (Å²) >= 11 is 0. The highest BCUT2D eigenvalue weighted by Crippen LogP contribution is 2.17. The minimum atomic E-state index is -0.268. The predicted molar refractivity (Wildman–Crippen MR) is 86.4 cm³/mol. The van der Waals surface area contributed by atoms with Gasteiger partial charge < -0.3 is 15.4 Å². The molecule has 0 saturated heterocycles. The first-order chi connectivity index (χ1) is 10.4. The molecule has 116 valence electrons. The van der Waals surface area contributed by atoms with Gasteiger partial charge in [0.15, 0.2) is 0 Å². The van der Waals surface area contributed by atoms with Gasteiger partial charge in [-0.25, -0.2) is 9.97 Å². The lowest BCUT2D eigenvalue weighted by Gasteiger charge is -2.20. The average Bonchev–Trinajstić information content (AvgIpc) is 2.46. The highest BCUT2D eigenvalue weighted by molar-refractivity contribution is 6.03.